The van der Waals surface area contributed by atoms with Gasteiger partial charge in [-0.05, 0) is 30.2 Å². The molecule has 1 saturated heterocycles. The summed E-state index contributed by atoms with van der Waals surface area (Å²) in [6.07, 6.45) is -1.22. The van der Waals surface area contributed by atoms with Crippen molar-refractivity contribution in [3.05, 3.63) is 65.2 Å². The first-order valence-electron chi connectivity index (χ1n) is 11.2. The number of esters is 1. The third kappa shape index (κ3) is 7.54. The van der Waals surface area contributed by atoms with Crippen LogP contribution in [-0.4, -0.2) is 52.4 Å². The highest BCUT2D eigenvalue weighted by Gasteiger charge is 2.32. The molecule has 2 aromatic carbocycles. The SMILES string of the molecule is CC(=O)O[C@@H](C)C(=O)Nc1cccc([C@@H]2O[C@H](CSCCO)C[C@H](c3ccc(CO)cc3)O2)c1. The maximum atomic E-state index is 12.3. The highest BCUT2D eigenvalue weighted by Crippen LogP contribution is 2.39. The van der Waals surface area contributed by atoms with Gasteiger partial charge in [-0.25, -0.2) is 0 Å². The Morgan fingerprint density at radius 1 is 1.15 bits per heavy atom. The average Bonchev–Trinajstić information content (AvgIpc) is 2.84. The lowest BCUT2D eigenvalue weighted by atomic mass is 10.0. The molecule has 0 bridgehead atoms. The summed E-state index contributed by atoms with van der Waals surface area (Å²) in [4.78, 5) is 23.4. The monoisotopic (exact) mass is 489 g/mol. The Balaban J connectivity index is 1.76. The van der Waals surface area contributed by atoms with Gasteiger partial charge in [0.05, 0.1) is 25.4 Å². The number of benzene rings is 2. The van der Waals surface area contributed by atoms with E-state index in [2.05, 4.69) is 5.32 Å². The molecule has 0 spiro atoms. The topological polar surface area (TPSA) is 114 Å². The van der Waals surface area contributed by atoms with E-state index < -0.39 is 24.3 Å². The predicted octanol–water partition coefficient (Wildman–Crippen LogP) is 3.34. The summed E-state index contributed by atoms with van der Waals surface area (Å²) in [6.45, 7) is 2.85. The third-order valence-corrected chi connectivity index (χ3v) is 6.37. The maximum Gasteiger partial charge on any atom is 0.303 e. The van der Waals surface area contributed by atoms with Crippen LogP contribution < -0.4 is 5.32 Å². The molecule has 1 fully saturated rings. The summed E-state index contributed by atoms with van der Waals surface area (Å²) in [5.41, 5.74) is 3.09. The Kier molecular flexibility index (Phi) is 9.91. The number of aliphatic hydroxyl groups excluding tert-OH is 2. The van der Waals surface area contributed by atoms with Crippen LogP contribution in [0.4, 0.5) is 5.69 Å². The Hall–Kier alpha value is -2.43. The Bertz CT molecular complexity index is 953. The van der Waals surface area contributed by atoms with Gasteiger partial charge in [0.25, 0.3) is 5.91 Å². The summed E-state index contributed by atoms with van der Waals surface area (Å²) in [5.74, 6) is 0.382. The largest absolute Gasteiger partial charge is 0.453 e. The molecule has 34 heavy (non-hydrogen) atoms. The summed E-state index contributed by atoms with van der Waals surface area (Å²) in [5, 5.41) is 21.2. The molecule has 0 aliphatic carbocycles. The van der Waals surface area contributed by atoms with E-state index in [0.29, 0.717) is 23.6 Å². The van der Waals surface area contributed by atoms with E-state index in [1.54, 1.807) is 30.0 Å². The number of anilines is 1. The fourth-order valence-corrected chi connectivity index (χ4v) is 4.38. The number of amides is 1. The van der Waals surface area contributed by atoms with Gasteiger partial charge in [0.2, 0.25) is 0 Å². The third-order valence-electron chi connectivity index (χ3n) is 5.29. The van der Waals surface area contributed by atoms with Crippen LogP contribution in [0.1, 0.15) is 49.4 Å². The first-order chi connectivity index (χ1) is 16.4. The van der Waals surface area contributed by atoms with Crippen molar-refractivity contribution in [2.45, 2.75) is 51.5 Å². The van der Waals surface area contributed by atoms with E-state index in [-0.39, 0.29) is 25.4 Å². The summed E-state index contributed by atoms with van der Waals surface area (Å²) >= 11 is 1.62. The molecule has 0 unspecified atom stereocenters. The molecule has 1 aliphatic rings. The van der Waals surface area contributed by atoms with Gasteiger partial charge < -0.3 is 29.7 Å². The number of nitrogens with one attached hydrogen (secondary N) is 1. The zero-order valence-electron chi connectivity index (χ0n) is 19.3. The van der Waals surface area contributed by atoms with Crippen molar-refractivity contribution in [2.24, 2.45) is 0 Å². The second kappa shape index (κ2) is 12.9. The molecule has 1 aliphatic heterocycles. The fraction of sp³-hybridized carbons (Fsp3) is 0.440. The van der Waals surface area contributed by atoms with Crippen LogP contribution in [0.5, 0.6) is 0 Å². The molecular weight excluding hydrogens is 458 g/mol. The molecule has 1 amide bonds. The highest BCUT2D eigenvalue weighted by atomic mass is 32.2. The maximum absolute atomic E-state index is 12.3. The molecule has 3 rings (SSSR count). The smallest absolute Gasteiger partial charge is 0.303 e. The molecule has 9 heteroatoms. The minimum Gasteiger partial charge on any atom is -0.453 e. The number of thioether (sulfide) groups is 1. The first-order valence-corrected chi connectivity index (χ1v) is 12.3. The van der Waals surface area contributed by atoms with Gasteiger partial charge in [-0.2, -0.15) is 11.8 Å². The minimum atomic E-state index is -0.914. The van der Waals surface area contributed by atoms with Gasteiger partial charge in [-0.15, -0.1) is 0 Å². The molecule has 0 radical (unpaired) electrons. The summed E-state index contributed by atoms with van der Waals surface area (Å²) < 4.78 is 17.5. The normalized spacial score (nSPS) is 21.0. The lowest BCUT2D eigenvalue weighted by molar-refractivity contribution is -0.245. The number of rotatable bonds is 10. The molecule has 0 aromatic heterocycles. The van der Waals surface area contributed by atoms with E-state index in [0.717, 1.165) is 16.7 Å². The van der Waals surface area contributed by atoms with E-state index in [9.17, 15) is 14.7 Å². The lowest BCUT2D eigenvalue weighted by Gasteiger charge is -2.36. The number of hydrogen-bond donors (Lipinski definition) is 3. The second-order valence-corrected chi connectivity index (χ2v) is 9.16. The van der Waals surface area contributed by atoms with Crippen LogP contribution in [-0.2, 0) is 30.4 Å². The summed E-state index contributed by atoms with van der Waals surface area (Å²) in [7, 11) is 0. The predicted molar refractivity (Wildman–Crippen MR) is 129 cm³/mol. The van der Waals surface area contributed by atoms with Gasteiger partial charge in [0.1, 0.15) is 0 Å². The van der Waals surface area contributed by atoms with Gasteiger partial charge in [-0.1, -0.05) is 36.4 Å². The molecule has 4 atom stereocenters. The van der Waals surface area contributed by atoms with E-state index >= 15 is 0 Å². The van der Waals surface area contributed by atoms with Crippen molar-refractivity contribution in [1.82, 2.24) is 0 Å². The number of hydrogen-bond acceptors (Lipinski definition) is 8. The molecule has 0 saturated carbocycles. The Morgan fingerprint density at radius 2 is 1.91 bits per heavy atom. The minimum absolute atomic E-state index is 0.0213. The van der Waals surface area contributed by atoms with Crippen LogP contribution in [0.25, 0.3) is 0 Å². The van der Waals surface area contributed by atoms with Crippen LogP contribution in [0, 0.1) is 0 Å². The van der Waals surface area contributed by atoms with Crippen molar-refractivity contribution >= 4 is 29.3 Å². The second-order valence-electron chi connectivity index (χ2n) is 8.02. The molecule has 184 valence electrons. The van der Waals surface area contributed by atoms with Crippen molar-refractivity contribution in [2.75, 3.05) is 23.4 Å². The average molecular weight is 490 g/mol. The molecule has 2 aromatic rings. The Labute approximate surface area is 203 Å². The number of carbonyl (C=O) groups is 2. The standard InChI is InChI=1S/C25H31NO7S/c1-16(31-17(2)29)24(30)26-21-5-3-4-20(12-21)25-32-22(15-34-11-10-27)13-23(33-25)19-8-6-18(14-28)7-9-19/h3-9,12,16,22-23,25,27-28H,10-11,13-15H2,1-2H3,(H,26,30)/t16-,22-,23+,25+/m0/s1. The zero-order chi connectivity index (χ0) is 24.5. The van der Waals surface area contributed by atoms with Crippen molar-refractivity contribution in [3.8, 4) is 0 Å². The summed E-state index contributed by atoms with van der Waals surface area (Å²) in [6, 6.07) is 14.8. The number of ether oxygens (including phenoxy) is 3. The van der Waals surface area contributed by atoms with E-state index in [4.69, 9.17) is 19.3 Å². The fourth-order valence-electron chi connectivity index (χ4n) is 3.61. The van der Waals surface area contributed by atoms with Crippen LogP contribution in [0.15, 0.2) is 48.5 Å². The van der Waals surface area contributed by atoms with Crippen molar-refractivity contribution < 1.29 is 34.0 Å². The van der Waals surface area contributed by atoms with Crippen molar-refractivity contribution in [3.63, 3.8) is 0 Å². The molecule has 8 nitrogen and oxygen atoms in total. The first kappa shape index (κ1) is 26.2. The van der Waals surface area contributed by atoms with E-state index in [1.807, 2.05) is 30.3 Å². The molecule has 3 N–H and O–H groups in total. The highest BCUT2D eigenvalue weighted by molar-refractivity contribution is 7.99. The lowest BCUT2D eigenvalue weighted by Crippen LogP contribution is -2.31. The van der Waals surface area contributed by atoms with Crippen molar-refractivity contribution in [1.29, 1.82) is 0 Å². The zero-order valence-corrected chi connectivity index (χ0v) is 20.1. The van der Waals surface area contributed by atoms with Crippen LogP contribution in [0.2, 0.25) is 0 Å². The van der Waals surface area contributed by atoms with Gasteiger partial charge in [0, 0.05) is 36.1 Å². The van der Waals surface area contributed by atoms with Gasteiger partial charge >= 0.3 is 5.97 Å². The number of carbonyl (C=O) groups excluding carboxylic acids is 2. The Morgan fingerprint density at radius 3 is 2.59 bits per heavy atom. The quantitative estimate of drug-likeness (QED) is 0.344. The van der Waals surface area contributed by atoms with Gasteiger partial charge in [-0.3, -0.25) is 9.59 Å². The molecular formula is C25H31NO7S. The van der Waals surface area contributed by atoms with Gasteiger partial charge in [0.15, 0.2) is 12.4 Å². The van der Waals surface area contributed by atoms with E-state index in [1.165, 1.54) is 13.8 Å². The van der Waals surface area contributed by atoms with Crippen LogP contribution >= 0.6 is 11.8 Å². The van der Waals surface area contributed by atoms with Crippen LogP contribution in [0.3, 0.4) is 0 Å². The number of aliphatic hydroxyl groups is 2. The molecule has 1 heterocycles.